The Morgan fingerprint density at radius 1 is 1.22 bits per heavy atom. The molecule has 3 rings (SSSR count). The van der Waals surface area contributed by atoms with E-state index in [0.717, 1.165) is 16.2 Å². The number of rotatable bonds is 5. The third kappa shape index (κ3) is 3.72. The third-order valence-corrected chi connectivity index (χ3v) is 4.89. The summed E-state index contributed by atoms with van der Waals surface area (Å²) in [6.45, 7) is 4.45. The maximum Gasteiger partial charge on any atom is 0.329 e. The lowest BCUT2D eigenvalue weighted by molar-refractivity contribution is -0.150. The third-order valence-electron chi connectivity index (χ3n) is 4.01. The molecular formula is C18H17N3O5S. The van der Waals surface area contributed by atoms with Crippen molar-refractivity contribution in [1.29, 1.82) is 0 Å². The van der Waals surface area contributed by atoms with E-state index in [1.165, 1.54) is 18.3 Å². The molecule has 0 spiro atoms. The summed E-state index contributed by atoms with van der Waals surface area (Å²) >= 11 is 1.25. The Labute approximate surface area is 159 Å². The maximum atomic E-state index is 12.5. The van der Waals surface area contributed by atoms with Crippen LogP contribution in [-0.4, -0.2) is 46.2 Å². The number of esters is 1. The van der Waals surface area contributed by atoms with E-state index < -0.39 is 36.3 Å². The lowest BCUT2D eigenvalue weighted by Gasteiger charge is -2.20. The topological polar surface area (TPSA) is 106 Å². The molecule has 0 fully saturated rings. The molecule has 1 aliphatic heterocycles. The van der Waals surface area contributed by atoms with Crippen molar-refractivity contribution in [3.63, 3.8) is 0 Å². The first-order valence-corrected chi connectivity index (χ1v) is 9.03. The molecule has 1 N–H and O–H groups in total. The molecule has 8 nitrogen and oxygen atoms in total. The molecule has 27 heavy (non-hydrogen) atoms. The van der Waals surface area contributed by atoms with Gasteiger partial charge < -0.3 is 4.74 Å². The molecule has 9 heteroatoms. The number of carbonyl (C=O) groups excluding carboxylic acids is 4. The highest BCUT2D eigenvalue weighted by molar-refractivity contribution is 7.13. The number of imide groups is 1. The fourth-order valence-electron chi connectivity index (χ4n) is 2.65. The molecule has 2 aromatic rings. The number of aromatic nitrogens is 1. The van der Waals surface area contributed by atoms with Gasteiger partial charge in [-0.05, 0) is 32.9 Å². The Morgan fingerprint density at radius 2 is 1.93 bits per heavy atom. The van der Waals surface area contributed by atoms with Crippen molar-refractivity contribution in [3.05, 3.63) is 46.0 Å². The number of anilines is 1. The average molecular weight is 387 g/mol. The van der Waals surface area contributed by atoms with Crippen LogP contribution in [0.2, 0.25) is 0 Å². The number of fused-ring (bicyclic) bond motifs is 1. The van der Waals surface area contributed by atoms with E-state index >= 15 is 0 Å². The molecule has 0 aliphatic carbocycles. The Balaban J connectivity index is 1.61. The van der Waals surface area contributed by atoms with Crippen LogP contribution in [0.4, 0.5) is 5.13 Å². The van der Waals surface area contributed by atoms with Gasteiger partial charge in [0.15, 0.2) is 11.7 Å². The van der Waals surface area contributed by atoms with Crippen molar-refractivity contribution >= 4 is 40.2 Å². The predicted molar refractivity (Wildman–Crippen MR) is 97.6 cm³/mol. The molecule has 1 aliphatic rings. The lowest BCUT2D eigenvalue weighted by atomic mass is 10.1. The number of hydrogen-bond acceptors (Lipinski definition) is 7. The van der Waals surface area contributed by atoms with Crippen molar-refractivity contribution in [2.75, 3.05) is 11.9 Å². The number of benzene rings is 1. The number of hydrogen-bond donors (Lipinski definition) is 1. The van der Waals surface area contributed by atoms with Crippen LogP contribution >= 0.6 is 11.3 Å². The van der Waals surface area contributed by atoms with E-state index in [4.69, 9.17) is 4.74 Å². The van der Waals surface area contributed by atoms with Gasteiger partial charge in [-0.2, -0.15) is 0 Å². The van der Waals surface area contributed by atoms with Gasteiger partial charge in [0.1, 0.15) is 6.04 Å². The molecule has 1 unspecified atom stereocenters. The minimum atomic E-state index is -1.15. The highest BCUT2D eigenvalue weighted by atomic mass is 32.1. The number of carbonyl (C=O) groups is 4. The molecule has 1 atom stereocenters. The highest BCUT2D eigenvalue weighted by Crippen LogP contribution is 2.26. The van der Waals surface area contributed by atoms with E-state index in [0.29, 0.717) is 5.13 Å². The zero-order chi connectivity index (χ0) is 19.7. The SMILES string of the molecule is Cc1ccc2c(c1)C(=O)N(C(C)C(=O)OCC(=O)Nc1nc(C)cs1)C2=O. The minimum absolute atomic E-state index is 0.252. The molecule has 0 saturated heterocycles. The monoisotopic (exact) mass is 387 g/mol. The molecule has 1 aromatic carbocycles. The predicted octanol–water partition coefficient (Wildman–Crippen LogP) is 1.93. The Morgan fingerprint density at radius 3 is 2.59 bits per heavy atom. The quantitative estimate of drug-likeness (QED) is 0.621. The van der Waals surface area contributed by atoms with Crippen molar-refractivity contribution in [1.82, 2.24) is 9.88 Å². The summed E-state index contributed by atoms with van der Waals surface area (Å²) in [4.78, 5) is 54.0. The first kappa shape index (κ1) is 18.7. The van der Waals surface area contributed by atoms with Crippen molar-refractivity contribution in [2.45, 2.75) is 26.8 Å². The van der Waals surface area contributed by atoms with Gasteiger partial charge in [0, 0.05) is 5.38 Å². The van der Waals surface area contributed by atoms with Crippen LogP contribution in [0.3, 0.4) is 0 Å². The van der Waals surface area contributed by atoms with Crippen molar-refractivity contribution in [2.24, 2.45) is 0 Å². The van der Waals surface area contributed by atoms with Crippen molar-refractivity contribution < 1.29 is 23.9 Å². The zero-order valence-corrected chi connectivity index (χ0v) is 15.8. The summed E-state index contributed by atoms with van der Waals surface area (Å²) in [6, 6.07) is 3.75. The molecule has 0 bridgehead atoms. The van der Waals surface area contributed by atoms with Gasteiger partial charge in [0.25, 0.3) is 17.7 Å². The first-order chi connectivity index (χ1) is 12.8. The number of amides is 3. The van der Waals surface area contributed by atoms with Gasteiger partial charge in [-0.3, -0.25) is 24.6 Å². The van der Waals surface area contributed by atoms with Crippen LogP contribution in [-0.2, 0) is 14.3 Å². The summed E-state index contributed by atoms with van der Waals surface area (Å²) < 4.78 is 4.96. The highest BCUT2D eigenvalue weighted by Gasteiger charge is 2.41. The molecule has 1 aromatic heterocycles. The number of nitrogens with zero attached hydrogens (tertiary/aromatic N) is 2. The Hall–Kier alpha value is -3.07. The largest absolute Gasteiger partial charge is 0.454 e. The lowest BCUT2D eigenvalue weighted by Crippen LogP contribution is -2.44. The normalized spacial score (nSPS) is 14.1. The zero-order valence-electron chi connectivity index (χ0n) is 14.9. The summed E-state index contributed by atoms with van der Waals surface area (Å²) in [7, 11) is 0. The van der Waals surface area contributed by atoms with Crippen molar-refractivity contribution in [3.8, 4) is 0 Å². The molecule has 2 heterocycles. The average Bonchev–Trinajstić information content (AvgIpc) is 3.13. The Bertz CT molecular complexity index is 952. The molecule has 140 valence electrons. The van der Waals surface area contributed by atoms with E-state index in [1.807, 2.05) is 0 Å². The molecule has 0 saturated carbocycles. The number of aryl methyl sites for hydroxylation is 2. The van der Waals surface area contributed by atoms with E-state index in [2.05, 4.69) is 10.3 Å². The van der Waals surface area contributed by atoms with Gasteiger partial charge in [-0.15, -0.1) is 11.3 Å². The summed E-state index contributed by atoms with van der Waals surface area (Å²) in [5.74, 6) is -2.50. The molecule has 3 amide bonds. The smallest absolute Gasteiger partial charge is 0.329 e. The number of thiazole rings is 1. The van der Waals surface area contributed by atoms with E-state index in [9.17, 15) is 19.2 Å². The van der Waals surface area contributed by atoms with Gasteiger partial charge in [-0.1, -0.05) is 11.6 Å². The van der Waals surface area contributed by atoms with Crippen LogP contribution in [0.1, 0.15) is 38.9 Å². The molecular weight excluding hydrogens is 370 g/mol. The van der Waals surface area contributed by atoms with Crippen LogP contribution < -0.4 is 5.32 Å². The fourth-order valence-corrected chi connectivity index (χ4v) is 3.36. The first-order valence-electron chi connectivity index (χ1n) is 8.15. The van der Waals surface area contributed by atoms with Gasteiger partial charge >= 0.3 is 5.97 Å². The summed E-state index contributed by atoms with van der Waals surface area (Å²) in [5.41, 5.74) is 2.11. The van der Waals surface area contributed by atoms with Gasteiger partial charge in [0.2, 0.25) is 0 Å². The number of ether oxygens (including phenoxy) is 1. The van der Waals surface area contributed by atoms with E-state index in [1.54, 1.807) is 37.4 Å². The second-order valence-electron chi connectivity index (χ2n) is 6.16. The maximum absolute atomic E-state index is 12.5. The van der Waals surface area contributed by atoms with E-state index in [-0.39, 0.29) is 11.1 Å². The van der Waals surface area contributed by atoms with Gasteiger partial charge in [0.05, 0.1) is 16.8 Å². The summed E-state index contributed by atoms with van der Waals surface area (Å²) in [6.07, 6.45) is 0. The molecule has 0 radical (unpaired) electrons. The van der Waals surface area contributed by atoms with Crippen LogP contribution in [0, 0.1) is 13.8 Å². The van der Waals surface area contributed by atoms with Crippen LogP contribution in [0.5, 0.6) is 0 Å². The minimum Gasteiger partial charge on any atom is -0.454 e. The second-order valence-corrected chi connectivity index (χ2v) is 7.01. The number of nitrogens with one attached hydrogen (secondary N) is 1. The summed E-state index contributed by atoms with van der Waals surface area (Å²) in [5, 5.41) is 4.68. The van der Waals surface area contributed by atoms with Crippen LogP contribution in [0.25, 0.3) is 0 Å². The fraction of sp³-hybridized carbons (Fsp3) is 0.278. The second kappa shape index (κ2) is 7.28. The standard InChI is InChI=1S/C18H17N3O5S/c1-9-4-5-12-13(6-9)16(24)21(15(12)23)11(3)17(25)26-7-14(22)20-18-19-10(2)8-27-18/h4-6,8,11H,7H2,1-3H3,(H,19,20,22). The Kier molecular flexibility index (Phi) is 5.04. The van der Waals surface area contributed by atoms with Crippen LogP contribution in [0.15, 0.2) is 23.6 Å². The van der Waals surface area contributed by atoms with Gasteiger partial charge in [-0.25, -0.2) is 9.78 Å².